The number of carbonyl (C=O) groups is 2. The molecule has 0 unspecified atom stereocenters. The standard InChI is InChI=1S/C26H18Cl2N4O3/c1-2-20-21(25(34)32(29-20)18-11-9-16(27)10-12-18)22-23(30-13-4-3-5-14-30)26(35)31(24(22)33)19-8-6-7-17(28)15-19/h3-15H,2H2,1H3/p+1. The minimum atomic E-state index is -0.599. The first kappa shape index (κ1) is 22.8. The van der Waals surface area contributed by atoms with Crippen molar-refractivity contribution in [3.63, 3.8) is 0 Å². The van der Waals surface area contributed by atoms with Gasteiger partial charge in [-0.1, -0.05) is 42.3 Å². The Morgan fingerprint density at radius 3 is 2.20 bits per heavy atom. The van der Waals surface area contributed by atoms with E-state index in [2.05, 4.69) is 5.10 Å². The van der Waals surface area contributed by atoms with Crippen molar-refractivity contribution in [2.45, 2.75) is 13.3 Å². The van der Waals surface area contributed by atoms with Crippen LogP contribution < -0.4 is 15.0 Å². The van der Waals surface area contributed by atoms with Crippen molar-refractivity contribution in [1.29, 1.82) is 0 Å². The monoisotopic (exact) mass is 505 g/mol. The van der Waals surface area contributed by atoms with Crippen LogP contribution in [-0.4, -0.2) is 21.6 Å². The SMILES string of the molecule is CCc1[nH]n(-c2ccc(Cl)cc2)c(=O)c1C1=C([n+]2ccccc2)C(=O)N(c2cccc(Cl)c2)C1=O. The molecule has 0 aliphatic carbocycles. The van der Waals surface area contributed by atoms with Gasteiger partial charge in [0.05, 0.1) is 16.9 Å². The highest BCUT2D eigenvalue weighted by Gasteiger charge is 2.48. The van der Waals surface area contributed by atoms with E-state index in [1.165, 1.54) is 10.7 Å². The second-order valence-electron chi connectivity index (χ2n) is 7.87. The van der Waals surface area contributed by atoms with Gasteiger partial charge in [0.25, 0.3) is 17.2 Å². The number of halogens is 2. The van der Waals surface area contributed by atoms with Gasteiger partial charge in [-0.3, -0.25) is 19.5 Å². The number of benzene rings is 2. The molecule has 9 heteroatoms. The quantitative estimate of drug-likeness (QED) is 0.325. The van der Waals surface area contributed by atoms with Crippen molar-refractivity contribution >= 4 is 52.0 Å². The summed E-state index contributed by atoms with van der Waals surface area (Å²) in [5.41, 5.74) is 1.23. The first-order valence-corrected chi connectivity index (χ1v) is 11.6. The smallest absolute Gasteiger partial charge is 0.294 e. The number of aryl methyl sites for hydroxylation is 1. The van der Waals surface area contributed by atoms with Gasteiger partial charge in [-0.15, -0.1) is 0 Å². The van der Waals surface area contributed by atoms with E-state index in [9.17, 15) is 14.4 Å². The van der Waals surface area contributed by atoms with E-state index in [-0.39, 0.29) is 16.8 Å². The van der Waals surface area contributed by atoms with Gasteiger partial charge in [0, 0.05) is 27.9 Å². The Hall–Kier alpha value is -3.94. The van der Waals surface area contributed by atoms with Gasteiger partial charge < -0.3 is 0 Å². The first-order chi connectivity index (χ1) is 16.9. The molecule has 35 heavy (non-hydrogen) atoms. The fourth-order valence-electron chi connectivity index (χ4n) is 4.15. The number of aromatic nitrogens is 3. The molecule has 2 aromatic heterocycles. The zero-order valence-corrected chi connectivity index (χ0v) is 20.0. The van der Waals surface area contributed by atoms with Crippen LogP contribution in [0.15, 0.2) is 83.9 Å². The molecule has 0 radical (unpaired) electrons. The fourth-order valence-corrected chi connectivity index (χ4v) is 4.46. The van der Waals surface area contributed by atoms with E-state index in [0.717, 1.165) is 4.90 Å². The molecule has 0 fully saturated rings. The molecule has 1 N–H and O–H groups in total. The third kappa shape index (κ3) is 3.88. The number of carbonyl (C=O) groups excluding carboxylic acids is 2. The maximum Gasteiger partial charge on any atom is 0.331 e. The van der Waals surface area contributed by atoms with Gasteiger partial charge >= 0.3 is 5.91 Å². The normalized spacial score (nSPS) is 13.7. The van der Waals surface area contributed by atoms with E-state index in [0.29, 0.717) is 33.5 Å². The van der Waals surface area contributed by atoms with Crippen molar-refractivity contribution in [2.75, 3.05) is 4.90 Å². The lowest BCUT2D eigenvalue weighted by atomic mass is 10.0. The molecule has 0 saturated carbocycles. The number of amides is 2. The number of pyridine rings is 1. The van der Waals surface area contributed by atoms with Gasteiger partial charge in [0.2, 0.25) is 0 Å². The number of rotatable bonds is 5. The number of aromatic amines is 1. The van der Waals surface area contributed by atoms with Crippen LogP contribution in [0.5, 0.6) is 0 Å². The predicted molar refractivity (Wildman–Crippen MR) is 134 cm³/mol. The van der Waals surface area contributed by atoms with Crippen molar-refractivity contribution in [1.82, 2.24) is 9.78 Å². The molecule has 3 heterocycles. The van der Waals surface area contributed by atoms with Crippen LogP contribution in [0, 0.1) is 0 Å². The van der Waals surface area contributed by atoms with Crippen LogP contribution >= 0.6 is 23.2 Å². The summed E-state index contributed by atoms with van der Waals surface area (Å²) in [6.07, 6.45) is 3.76. The Labute approximate surface area is 210 Å². The van der Waals surface area contributed by atoms with Crippen molar-refractivity contribution < 1.29 is 14.2 Å². The molecule has 0 spiro atoms. The number of nitrogens with one attached hydrogen (secondary N) is 1. The average Bonchev–Trinajstić information content (AvgIpc) is 3.32. The summed E-state index contributed by atoms with van der Waals surface area (Å²) in [7, 11) is 0. The Kier molecular flexibility index (Phi) is 5.88. The highest BCUT2D eigenvalue weighted by molar-refractivity contribution is 6.53. The molecular weight excluding hydrogens is 487 g/mol. The maximum absolute atomic E-state index is 13.8. The summed E-state index contributed by atoms with van der Waals surface area (Å²) in [6.45, 7) is 1.87. The third-order valence-electron chi connectivity index (χ3n) is 5.75. The van der Waals surface area contributed by atoms with Crippen LogP contribution in [-0.2, 0) is 16.0 Å². The molecule has 4 aromatic rings. The zero-order chi connectivity index (χ0) is 24.7. The minimum Gasteiger partial charge on any atom is -0.294 e. The van der Waals surface area contributed by atoms with Crippen LogP contribution in [0.2, 0.25) is 10.0 Å². The van der Waals surface area contributed by atoms with E-state index in [1.54, 1.807) is 77.6 Å². The summed E-state index contributed by atoms with van der Waals surface area (Å²) >= 11 is 12.2. The van der Waals surface area contributed by atoms with Crippen molar-refractivity contribution in [3.8, 4) is 5.69 Å². The molecule has 7 nitrogen and oxygen atoms in total. The first-order valence-electron chi connectivity index (χ1n) is 10.9. The molecule has 0 bridgehead atoms. The number of H-pyrrole nitrogens is 1. The molecule has 2 amide bonds. The van der Waals surface area contributed by atoms with Gasteiger partial charge in [-0.25, -0.2) is 9.58 Å². The number of anilines is 1. The van der Waals surface area contributed by atoms with Gasteiger partial charge in [0.15, 0.2) is 12.4 Å². The van der Waals surface area contributed by atoms with Crippen LogP contribution in [0.1, 0.15) is 18.2 Å². The second kappa shape index (κ2) is 9.02. The number of nitrogens with zero attached hydrogens (tertiary/aromatic N) is 3. The number of hydrogen-bond donors (Lipinski definition) is 1. The van der Waals surface area contributed by atoms with Crippen LogP contribution in [0.3, 0.4) is 0 Å². The molecular formula is C26H19Cl2N4O3+. The lowest BCUT2D eigenvalue weighted by Crippen LogP contribution is -2.39. The second-order valence-corrected chi connectivity index (χ2v) is 8.74. The Bertz CT molecular complexity index is 1550. The topological polar surface area (TPSA) is 79.1 Å². The summed E-state index contributed by atoms with van der Waals surface area (Å²) in [5.74, 6) is -1.15. The zero-order valence-electron chi connectivity index (χ0n) is 18.5. The van der Waals surface area contributed by atoms with E-state index in [4.69, 9.17) is 23.2 Å². The third-order valence-corrected chi connectivity index (χ3v) is 6.24. The minimum absolute atomic E-state index is 0.0250. The molecule has 1 aliphatic rings. The molecule has 2 aromatic carbocycles. The molecule has 0 saturated heterocycles. The van der Waals surface area contributed by atoms with Crippen LogP contribution in [0.4, 0.5) is 5.69 Å². The number of imide groups is 1. The Balaban J connectivity index is 1.77. The van der Waals surface area contributed by atoms with Crippen molar-refractivity contribution in [3.05, 3.63) is 111 Å². The lowest BCUT2D eigenvalue weighted by Gasteiger charge is -2.14. The summed E-state index contributed by atoms with van der Waals surface area (Å²) < 4.78 is 2.91. The molecule has 174 valence electrons. The van der Waals surface area contributed by atoms with Crippen LogP contribution in [0.25, 0.3) is 17.0 Å². The largest absolute Gasteiger partial charge is 0.331 e. The summed E-state index contributed by atoms with van der Waals surface area (Å²) in [6, 6.07) is 18.5. The van der Waals surface area contributed by atoms with E-state index >= 15 is 0 Å². The number of hydrogen-bond acceptors (Lipinski definition) is 3. The van der Waals surface area contributed by atoms with Gasteiger partial charge in [0.1, 0.15) is 5.57 Å². The molecule has 1 aliphatic heterocycles. The lowest BCUT2D eigenvalue weighted by molar-refractivity contribution is -0.576. The van der Waals surface area contributed by atoms with Gasteiger partial charge in [-0.2, -0.15) is 4.57 Å². The summed E-state index contributed by atoms with van der Waals surface area (Å²) in [4.78, 5) is 42.3. The fraction of sp³-hybridized carbons (Fsp3) is 0.0769. The Morgan fingerprint density at radius 2 is 1.54 bits per heavy atom. The molecule has 0 atom stereocenters. The van der Waals surface area contributed by atoms with E-state index < -0.39 is 17.4 Å². The molecule has 5 rings (SSSR count). The predicted octanol–water partition coefficient (Wildman–Crippen LogP) is 4.26. The Morgan fingerprint density at radius 1 is 0.829 bits per heavy atom. The maximum atomic E-state index is 13.8. The average molecular weight is 506 g/mol. The van der Waals surface area contributed by atoms with E-state index in [1.807, 2.05) is 6.92 Å². The highest BCUT2D eigenvalue weighted by Crippen LogP contribution is 2.34. The van der Waals surface area contributed by atoms with Gasteiger partial charge in [-0.05, 0) is 48.9 Å². The highest BCUT2D eigenvalue weighted by atomic mass is 35.5. The summed E-state index contributed by atoms with van der Waals surface area (Å²) in [5, 5.41) is 4.01. The van der Waals surface area contributed by atoms with Crippen molar-refractivity contribution in [2.24, 2.45) is 0 Å².